The molecule has 4 rings (SSSR count). The predicted molar refractivity (Wildman–Crippen MR) is 98.8 cm³/mol. The van der Waals surface area contributed by atoms with Crippen molar-refractivity contribution in [2.24, 2.45) is 10.8 Å². The minimum Gasteiger partial charge on any atom is -0.379 e. The van der Waals surface area contributed by atoms with Crippen LogP contribution in [0.5, 0.6) is 0 Å². The van der Waals surface area contributed by atoms with Crippen LogP contribution in [-0.2, 0) is 11.3 Å². The molecule has 2 atom stereocenters. The minimum absolute atomic E-state index is 0.135. The van der Waals surface area contributed by atoms with E-state index in [0.717, 1.165) is 57.2 Å². The van der Waals surface area contributed by atoms with E-state index in [4.69, 9.17) is 4.74 Å². The molecule has 0 spiro atoms. The second kappa shape index (κ2) is 6.32. The zero-order valence-corrected chi connectivity index (χ0v) is 16.4. The van der Waals surface area contributed by atoms with Gasteiger partial charge in [-0.2, -0.15) is 0 Å². The number of carbonyl (C=O) groups excluding carboxylic acids is 1. The maximum atomic E-state index is 13.1. The van der Waals surface area contributed by atoms with Crippen LogP contribution in [0, 0.1) is 10.8 Å². The second-order valence-corrected chi connectivity index (χ2v) is 10.1. The van der Waals surface area contributed by atoms with Crippen LogP contribution in [0.25, 0.3) is 0 Å². The van der Waals surface area contributed by atoms with Gasteiger partial charge in [0.25, 0.3) is 5.91 Å². The van der Waals surface area contributed by atoms with Crippen molar-refractivity contribution in [2.75, 3.05) is 32.8 Å². The van der Waals surface area contributed by atoms with Crippen molar-refractivity contribution in [1.82, 2.24) is 14.8 Å². The molecule has 138 valence electrons. The highest BCUT2D eigenvalue weighted by molar-refractivity contribution is 7.09. The lowest BCUT2D eigenvalue weighted by Gasteiger charge is -2.39. The number of aromatic nitrogens is 1. The van der Waals surface area contributed by atoms with Gasteiger partial charge in [0.15, 0.2) is 0 Å². The normalized spacial score (nSPS) is 32.1. The fourth-order valence-corrected chi connectivity index (χ4v) is 6.09. The first kappa shape index (κ1) is 17.4. The average molecular weight is 364 g/mol. The number of hydrogen-bond acceptors (Lipinski definition) is 5. The molecular formula is C19H29N3O2S. The molecule has 0 N–H and O–H groups in total. The summed E-state index contributed by atoms with van der Waals surface area (Å²) >= 11 is 1.61. The molecule has 1 aliphatic carbocycles. The molecule has 1 aromatic heterocycles. The molecule has 1 saturated carbocycles. The molecule has 2 saturated heterocycles. The van der Waals surface area contributed by atoms with E-state index in [0.29, 0.717) is 17.2 Å². The van der Waals surface area contributed by atoms with Gasteiger partial charge in [-0.25, -0.2) is 4.98 Å². The van der Waals surface area contributed by atoms with Crippen molar-refractivity contribution >= 4 is 17.2 Å². The van der Waals surface area contributed by atoms with Crippen molar-refractivity contribution in [3.05, 3.63) is 16.1 Å². The monoisotopic (exact) mass is 363 g/mol. The largest absolute Gasteiger partial charge is 0.379 e. The molecule has 5 nitrogen and oxygen atoms in total. The first-order valence-electron chi connectivity index (χ1n) is 9.39. The van der Waals surface area contributed by atoms with Gasteiger partial charge in [-0.15, -0.1) is 11.3 Å². The molecule has 2 bridgehead atoms. The molecule has 1 aromatic rings. The summed E-state index contributed by atoms with van der Waals surface area (Å²) in [6, 6.07) is 0.380. The molecule has 2 unspecified atom stereocenters. The summed E-state index contributed by atoms with van der Waals surface area (Å²) in [7, 11) is 0. The Balaban J connectivity index is 1.45. The Morgan fingerprint density at radius 3 is 2.84 bits per heavy atom. The van der Waals surface area contributed by atoms with Crippen LogP contribution in [-0.4, -0.2) is 59.6 Å². The Kier molecular flexibility index (Phi) is 4.41. The molecule has 6 heteroatoms. The maximum absolute atomic E-state index is 13.1. The molecule has 2 aliphatic heterocycles. The molecule has 1 amide bonds. The van der Waals surface area contributed by atoms with Gasteiger partial charge < -0.3 is 9.64 Å². The lowest BCUT2D eigenvalue weighted by Crippen LogP contribution is -2.38. The first-order valence-corrected chi connectivity index (χ1v) is 10.3. The predicted octanol–water partition coefficient (Wildman–Crippen LogP) is 3.02. The van der Waals surface area contributed by atoms with E-state index in [1.54, 1.807) is 11.3 Å². The number of ether oxygens (including phenoxy) is 1. The zero-order chi connectivity index (χ0) is 17.7. The van der Waals surface area contributed by atoms with Crippen LogP contribution >= 0.6 is 11.3 Å². The molecule has 0 aromatic carbocycles. The lowest BCUT2D eigenvalue weighted by atomic mass is 9.65. The number of rotatable bonds is 3. The number of carbonyl (C=O) groups is 1. The van der Waals surface area contributed by atoms with Gasteiger partial charge in [-0.3, -0.25) is 9.69 Å². The number of nitrogens with zero attached hydrogens (tertiary/aromatic N) is 3. The Hall–Kier alpha value is -0.980. The van der Waals surface area contributed by atoms with Crippen LogP contribution in [0.3, 0.4) is 0 Å². The molecule has 3 aliphatic rings. The Morgan fingerprint density at radius 2 is 2.08 bits per heavy atom. The van der Waals surface area contributed by atoms with Crippen molar-refractivity contribution in [3.63, 3.8) is 0 Å². The van der Waals surface area contributed by atoms with Crippen LogP contribution in [0.1, 0.15) is 55.5 Å². The van der Waals surface area contributed by atoms with Gasteiger partial charge in [-0.1, -0.05) is 20.8 Å². The molecule has 3 heterocycles. The Morgan fingerprint density at radius 1 is 1.32 bits per heavy atom. The smallest absolute Gasteiger partial charge is 0.273 e. The van der Waals surface area contributed by atoms with Crippen LogP contribution in [0.4, 0.5) is 0 Å². The van der Waals surface area contributed by atoms with Crippen molar-refractivity contribution in [1.29, 1.82) is 0 Å². The van der Waals surface area contributed by atoms with Crippen LogP contribution in [0.2, 0.25) is 0 Å². The van der Waals surface area contributed by atoms with Gasteiger partial charge in [0, 0.05) is 31.1 Å². The third-order valence-corrected chi connectivity index (χ3v) is 6.74. The van der Waals surface area contributed by atoms with Crippen LogP contribution in [0.15, 0.2) is 5.38 Å². The summed E-state index contributed by atoms with van der Waals surface area (Å²) in [6.07, 6.45) is 3.46. The van der Waals surface area contributed by atoms with E-state index in [9.17, 15) is 4.79 Å². The molecule has 3 fully saturated rings. The lowest BCUT2D eigenvalue weighted by molar-refractivity contribution is 0.0341. The van der Waals surface area contributed by atoms with Gasteiger partial charge in [0.2, 0.25) is 0 Å². The maximum Gasteiger partial charge on any atom is 0.273 e. The highest BCUT2D eigenvalue weighted by Crippen LogP contribution is 2.52. The van der Waals surface area contributed by atoms with E-state index in [2.05, 4.69) is 35.6 Å². The summed E-state index contributed by atoms with van der Waals surface area (Å²) in [5, 5.41) is 2.99. The van der Waals surface area contributed by atoms with E-state index in [-0.39, 0.29) is 11.3 Å². The zero-order valence-electron chi connectivity index (χ0n) is 15.6. The van der Waals surface area contributed by atoms with E-state index in [1.165, 1.54) is 6.42 Å². The fraction of sp³-hybridized carbons (Fsp3) is 0.789. The summed E-state index contributed by atoms with van der Waals surface area (Å²) < 4.78 is 5.40. The highest BCUT2D eigenvalue weighted by Gasteiger charge is 2.51. The standard InChI is InChI=1S/C19H29N3O2S/c1-18(2)8-14-9-19(3,12-18)13-22(14)17(23)15-11-25-16(20-15)10-21-4-6-24-7-5-21/h11,14H,4-10,12-13H2,1-3H3. The van der Waals surface area contributed by atoms with E-state index >= 15 is 0 Å². The van der Waals surface area contributed by atoms with E-state index in [1.807, 2.05) is 5.38 Å². The Bertz CT molecular complexity index is 653. The molecular weight excluding hydrogens is 334 g/mol. The minimum atomic E-state index is 0.135. The fourth-order valence-electron chi connectivity index (χ4n) is 5.28. The van der Waals surface area contributed by atoms with E-state index < -0.39 is 0 Å². The third-order valence-electron chi connectivity index (χ3n) is 5.91. The topological polar surface area (TPSA) is 45.7 Å². The van der Waals surface area contributed by atoms with Crippen LogP contribution < -0.4 is 0 Å². The third kappa shape index (κ3) is 3.62. The number of likely N-dealkylation sites (tertiary alicyclic amines) is 1. The number of morpholine rings is 1. The first-order chi connectivity index (χ1) is 11.8. The second-order valence-electron chi connectivity index (χ2n) is 9.16. The van der Waals surface area contributed by atoms with Gasteiger partial charge in [0.1, 0.15) is 10.7 Å². The van der Waals surface area contributed by atoms with Gasteiger partial charge >= 0.3 is 0 Å². The number of amides is 1. The van der Waals surface area contributed by atoms with Gasteiger partial charge in [0.05, 0.1) is 19.8 Å². The Labute approximate surface area is 154 Å². The number of thiazole rings is 1. The van der Waals surface area contributed by atoms with Gasteiger partial charge in [-0.05, 0) is 30.1 Å². The molecule has 0 radical (unpaired) electrons. The summed E-state index contributed by atoms with van der Waals surface area (Å²) in [5.41, 5.74) is 1.24. The summed E-state index contributed by atoms with van der Waals surface area (Å²) in [6.45, 7) is 12.2. The SMILES string of the molecule is CC1(C)CC2CC(C)(CN2C(=O)c2csc(CN3CCOCC3)n2)C1. The summed E-state index contributed by atoms with van der Waals surface area (Å²) in [5.74, 6) is 0.135. The number of hydrogen-bond donors (Lipinski definition) is 0. The van der Waals surface area contributed by atoms with Crippen molar-refractivity contribution in [3.8, 4) is 0 Å². The highest BCUT2D eigenvalue weighted by atomic mass is 32.1. The van der Waals surface area contributed by atoms with Crippen molar-refractivity contribution in [2.45, 2.75) is 52.6 Å². The average Bonchev–Trinajstić information content (AvgIpc) is 3.09. The quantitative estimate of drug-likeness (QED) is 0.828. The van der Waals surface area contributed by atoms with Crippen molar-refractivity contribution < 1.29 is 9.53 Å². The summed E-state index contributed by atoms with van der Waals surface area (Å²) in [4.78, 5) is 22.2. The number of fused-ring (bicyclic) bond motifs is 2. The molecule has 25 heavy (non-hydrogen) atoms.